The lowest BCUT2D eigenvalue weighted by atomic mass is 9.98. The van der Waals surface area contributed by atoms with Gasteiger partial charge in [0.1, 0.15) is 0 Å². The Morgan fingerprint density at radius 2 is 0.704 bits per heavy atom. The molecule has 0 atom stereocenters. The van der Waals surface area contributed by atoms with Crippen LogP contribution < -0.4 is 4.90 Å². The molecule has 0 spiro atoms. The van der Waals surface area contributed by atoms with E-state index in [1.54, 1.807) is 0 Å². The molecule has 1 heterocycles. The maximum Gasteiger partial charge on any atom is 0.0462 e. The van der Waals surface area contributed by atoms with E-state index >= 15 is 0 Å². The smallest absolute Gasteiger partial charge is 0.0462 e. The van der Waals surface area contributed by atoms with Gasteiger partial charge in [-0.15, -0.1) is 11.3 Å². The average molecular weight is 706 g/mol. The van der Waals surface area contributed by atoms with Gasteiger partial charge in [0, 0.05) is 37.2 Å². The number of rotatable bonds is 7. The second-order valence-electron chi connectivity index (χ2n) is 13.8. The maximum atomic E-state index is 2.35. The Kier molecular flexibility index (Phi) is 8.09. The summed E-state index contributed by atoms with van der Waals surface area (Å²) in [5, 5.41) is 5.16. The zero-order chi connectivity index (χ0) is 35.8. The summed E-state index contributed by atoms with van der Waals surface area (Å²) in [7, 11) is 0. The molecular weight excluding hydrogens is 671 g/mol. The van der Waals surface area contributed by atoms with Crippen molar-refractivity contribution in [3.8, 4) is 44.5 Å². The summed E-state index contributed by atoms with van der Waals surface area (Å²) in [6.45, 7) is 0. The lowest BCUT2D eigenvalue weighted by Gasteiger charge is -2.26. The third-order valence-electron chi connectivity index (χ3n) is 10.5. The lowest BCUT2D eigenvalue weighted by Crippen LogP contribution is -2.09. The van der Waals surface area contributed by atoms with Crippen molar-refractivity contribution in [2.45, 2.75) is 0 Å². The molecule has 0 saturated heterocycles. The van der Waals surface area contributed by atoms with E-state index in [1.807, 2.05) is 11.3 Å². The van der Waals surface area contributed by atoms with Crippen LogP contribution in [0.1, 0.15) is 0 Å². The quantitative estimate of drug-likeness (QED) is 0.160. The molecule has 2 heteroatoms. The van der Waals surface area contributed by atoms with Gasteiger partial charge >= 0.3 is 0 Å². The molecule has 0 amide bonds. The number of hydrogen-bond acceptors (Lipinski definition) is 2. The summed E-state index contributed by atoms with van der Waals surface area (Å²) in [5.74, 6) is 0. The fraction of sp³-hybridized carbons (Fsp3) is 0. The van der Waals surface area contributed by atoms with E-state index in [0.717, 1.165) is 17.1 Å². The van der Waals surface area contributed by atoms with Crippen LogP contribution in [0.3, 0.4) is 0 Å². The van der Waals surface area contributed by atoms with Gasteiger partial charge in [0.2, 0.25) is 0 Å². The first-order chi connectivity index (χ1) is 26.7. The van der Waals surface area contributed by atoms with Gasteiger partial charge in [0.25, 0.3) is 0 Å². The Labute approximate surface area is 319 Å². The van der Waals surface area contributed by atoms with Crippen molar-refractivity contribution < 1.29 is 0 Å². The van der Waals surface area contributed by atoms with Crippen molar-refractivity contribution in [2.24, 2.45) is 0 Å². The third kappa shape index (κ3) is 6.03. The van der Waals surface area contributed by atoms with Crippen LogP contribution in [0.5, 0.6) is 0 Å². The van der Waals surface area contributed by atoms with E-state index in [4.69, 9.17) is 0 Å². The van der Waals surface area contributed by atoms with Crippen LogP contribution in [0, 0.1) is 0 Å². The van der Waals surface area contributed by atoms with Crippen molar-refractivity contribution in [3.63, 3.8) is 0 Å². The first-order valence-electron chi connectivity index (χ1n) is 18.4. The highest BCUT2D eigenvalue weighted by atomic mass is 32.1. The number of thiophene rings is 1. The van der Waals surface area contributed by atoms with Crippen molar-refractivity contribution in [1.82, 2.24) is 0 Å². The Balaban J connectivity index is 1.01. The van der Waals surface area contributed by atoms with Gasteiger partial charge in [0.05, 0.1) is 0 Å². The van der Waals surface area contributed by atoms with Crippen LogP contribution >= 0.6 is 11.3 Å². The Hall–Kier alpha value is -6.74. The number of anilines is 3. The first-order valence-corrected chi connectivity index (χ1v) is 19.2. The summed E-state index contributed by atoms with van der Waals surface area (Å²) < 4.78 is 2.65. The zero-order valence-electron chi connectivity index (χ0n) is 29.6. The molecular formula is C52H35NS. The van der Waals surface area contributed by atoms with Crippen molar-refractivity contribution in [2.75, 3.05) is 4.90 Å². The summed E-state index contributed by atoms with van der Waals surface area (Å²) in [6.07, 6.45) is 0. The van der Waals surface area contributed by atoms with E-state index in [0.29, 0.717) is 0 Å². The molecule has 1 nitrogen and oxygen atoms in total. The molecule has 9 aromatic carbocycles. The normalized spacial score (nSPS) is 11.3. The predicted octanol–water partition coefficient (Wildman–Crippen LogP) is 15.3. The van der Waals surface area contributed by atoms with Crippen molar-refractivity contribution in [1.29, 1.82) is 0 Å². The van der Waals surface area contributed by atoms with E-state index in [9.17, 15) is 0 Å². The van der Waals surface area contributed by atoms with Gasteiger partial charge in [0.15, 0.2) is 0 Å². The molecule has 0 N–H and O–H groups in total. The largest absolute Gasteiger partial charge is 0.311 e. The minimum absolute atomic E-state index is 1.11. The second kappa shape index (κ2) is 13.7. The van der Waals surface area contributed by atoms with Crippen LogP contribution in [0.4, 0.5) is 17.1 Å². The van der Waals surface area contributed by atoms with Crippen LogP contribution in [0.25, 0.3) is 75.5 Å². The monoisotopic (exact) mass is 705 g/mol. The van der Waals surface area contributed by atoms with Gasteiger partial charge in [-0.25, -0.2) is 0 Å². The predicted molar refractivity (Wildman–Crippen MR) is 233 cm³/mol. The fourth-order valence-corrected chi connectivity index (χ4v) is 8.78. The lowest BCUT2D eigenvalue weighted by molar-refractivity contribution is 1.28. The molecule has 0 aliphatic heterocycles. The van der Waals surface area contributed by atoms with Crippen LogP contribution in [-0.4, -0.2) is 0 Å². The topological polar surface area (TPSA) is 3.24 Å². The van der Waals surface area contributed by atoms with Crippen molar-refractivity contribution in [3.05, 3.63) is 212 Å². The van der Waals surface area contributed by atoms with Gasteiger partial charge in [-0.3, -0.25) is 0 Å². The van der Waals surface area contributed by atoms with E-state index in [-0.39, 0.29) is 0 Å². The Morgan fingerprint density at radius 3 is 1.35 bits per heavy atom. The minimum Gasteiger partial charge on any atom is -0.311 e. The molecule has 0 radical (unpaired) electrons. The average Bonchev–Trinajstić information content (AvgIpc) is 3.63. The van der Waals surface area contributed by atoms with E-state index < -0.39 is 0 Å². The molecule has 1 aromatic heterocycles. The van der Waals surface area contributed by atoms with Gasteiger partial charge < -0.3 is 4.90 Å². The number of nitrogens with zero attached hydrogens (tertiary/aromatic N) is 1. The fourth-order valence-electron chi connectivity index (χ4n) is 7.64. The van der Waals surface area contributed by atoms with Gasteiger partial charge in [-0.2, -0.15) is 0 Å². The molecule has 10 aromatic rings. The molecule has 10 rings (SSSR count). The highest BCUT2D eigenvalue weighted by Gasteiger charge is 2.15. The number of fused-ring (bicyclic) bond motifs is 4. The summed E-state index contributed by atoms with van der Waals surface area (Å²) >= 11 is 1.86. The highest BCUT2D eigenvalue weighted by Crippen LogP contribution is 2.40. The van der Waals surface area contributed by atoms with Gasteiger partial charge in [-0.1, -0.05) is 152 Å². The van der Waals surface area contributed by atoms with E-state index in [1.165, 1.54) is 75.5 Å². The molecule has 0 aliphatic carbocycles. The second-order valence-corrected chi connectivity index (χ2v) is 14.9. The highest BCUT2D eigenvalue weighted by molar-refractivity contribution is 7.25. The Bertz CT molecular complexity index is 2900. The maximum absolute atomic E-state index is 2.35. The first kappa shape index (κ1) is 32.0. The summed E-state index contributed by atoms with van der Waals surface area (Å²) in [4.78, 5) is 2.35. The molecule has 0 aliphatic rings. The molecule has 0 bridgehead atoms. The van der Waals surface area contributed by atoms with Crippen molar-refractivity contribution >= 4 is 59.3 Å². The molecule has 254 valence electrons. The molecule has 0 fully saturated rings. The summed E-state index contributed by atoms with van der Waals surface area (Å²) in [6, 6.07) is 77.1. The van der Waals surface area contributed by atoms with Crippen LogP contribution in [-0.2, 0) is 0 Å². The van der Waals surface area contributed by atoms with E-state index in [2.05, 4.69) is 217 Å². The number of benzene rings is 9. The minimum atomic E-state index is 1.11. The molecule has 0 saturated carbocycles. The Morgan fingerprint density at radius 1 is 0.259 bits per heavy atom. The SMILES string of the molecule is c1ccc(-c2cccc(-c3ccc(N(c4ccc(-c5ccc6ccccc6c5)cc4)c4ccc(-c5ccc6c(c5)sc5ccccc56)cc4)cc3)c2)cc1. The zero-order valence-corrected chi connectivity index (χ0v) is 30.4. The number of hydrogen-bond donors (Lipinski definition) is 0. The molecule has 0 unspecified atom stereocenters. The third-order valence-corrected chi connectivity index (χ3v) is 11.6. The van der Waals surface area contributed by atoms with Crippen LogP contribution in [0.15, 0.2) is 212 Å². The van der Waals surface area contributed by atoms with Crippen LogP contribution in [0.2, 0.25) is 0 Å². The molecule has 54 heavy (non-hydrogen) atoms. The standard InChI is InChI=1S/C52H35NS/c1-2-9-36(10-3-1)42-13-8-14-43(33-42)38-19-26-46(27-20-38)53(47-28-21-39(22-29-47)44-18-17-37-11-4-5-12-41(37)34-44)48-30-23-40(24-31-48)45-25-32-50-49-15-6-7-16-51(49)54-52(50)35-45/h1-35H. The summed E-state index contributed by atoms with van der Waals surface area (Å²) in [5.41, 5.74) is 13.0. The van der Waals surface area contributed by atoms with Gasteiger partial charge in [-0.05, 0) is 116 Å².